The lowest BCUT2D eigenvalue weighted by Gasteiger charge is -2.36. The van der Waals surface area contributed by atoms with Gasteiger partial charge < -0.3 is 5.11 Å². The molecule has 1 fully saturated rings. The molecule has 1 heterocycles. The molecule has 124 valence electrons. The molecule has 0 aromatic heterocycles. The van der Waals surface area contributed by atoms with E-state index in [2.05, 4.69) is 39.6 Å². The largest absolute Gasteiger partial charge is 0.508 e. The Morgan fingerprint density at radius 1 is 1.08 bits per heavy atom. The Balaban J connectivity index is 1.66. The normalized spacial score (nSPS) is 17.3. The molecule has 0 saturated carbocycles. The van der Waals surface area contributed by atoms with E-state index in [9.17, 15) is 5.11 Å². The average molecular weight is 432 g/mol. The number of piperidine rings is 1. The zero-order valence-corrected chi connectivity index (χ0v) is 15.7. The topological polar surface area (TPSA) is 47.3 Å². The number of rotatable bonds is 4. The van der Waals surface area contributed by atoms with Crippen LogP contribution in [0.3, 0.4) is 0 Å². The second kappa shape index (κ2) is 7.54. The lowest BCUT2D eigenvalue weighted by Crippen LogP contribution is -2.40. The number of aromatic hydroxyl groups is 1. The van der Waals surface area contributed by atoms with Crippen LogP contribution in [0.4, 0.5) is 0 Å². The first kappa shape index (κ1) is 17.2. The molecule has 0 amide bonds. The molecule has 0 unspecified atom stereocenters. The predicted molar refractivity (Wildman–Crippen MR) is 105 cm³/mol. The van der Waals surface area contributed by atoms with Crippen LogP contribution in [-0.2, 0) is 6.54 Å². The van der Waals surface area contributed by atoms with Crippen LogP contribution >= 0.6 is 22.6 Å². The number of hydrogen-bond donors (Lipinski definition) is 1. The molecule has 2 aromatic rings. The number of nitrogens with zero attached hydrogens (tertiary/aromatic N) is 2. The Morgan fingerprint density at radius 3 is 2.42 bits per heavy atom. The molecule has 0 aliphatic carbocycles. The van der Waals surface area contributed by atoms with E-state index >= 15 is 0 Å². The lowest BCUT2D eigenvalue weighted by molar-refractivity contribution is 0.198. The van der Waals surface area contributed by atoms with Crippen molar-refractivity contribution in [2.75, 3.05) is 13.1 Å². The van der Waals surface area contributed by atoms with Gasteiger partial charge >= 0.3 is 0 Å². The number of nitriles is 1. The van der Waals surface area contributed by atoms with Crippen molar-refractivity contribution in [2.24, 2.45) is 0 Å². The minimum atomic E-state index is 0.127. The molecule has 0 radical (unpaired) electrons. The first-order valence-corrected chi connectivity index (χ1v) is 9.33. The highest BCUT2D eigenvalue weighted by molar-refractivity contribution is 14.1. The van der Waals surface area contributed by atoms with Gasteiger partial charge in [-0.05, 0) is 43.1 Å². The van der Waals surface area contributed by atoms with Crippen LogP contribution in [0.2, 0.25) is 0 Å². The maximum absolute atomic E-state index is 10.4. The first-order valence-electron chi connectivity index (χ1n) is 8.25. The molecule has 2 aromatic carbocycles. The van der Waals surface area contributed by atoms with Crippen molar-refractivity contribution in [3.05, 3.63) is 54.1 Å². The molecule has 3 nitrogen and oxygen atoms in total. The maximum atomic E-state index is 10.4. The molecule has 4 heteroatoms. The molecule has 0 atom stereocenters. The minimum absolute atomic E-state index is 0.127. The van der Waals surface area contributed by atoms with Crippen LogP contribution in [0.1, 0.15) is 24.8 Å². The predicted octanol–water partition coefficient (Wildman–Crippen LogP) is 4.74. The third-order valence-electron chi connectivity index (χ3n) is 4.73. The van der Waals surface area contributed by atoms with Gasteiger partial charge in [-0.3, -0.25) is 4.90 Å². The number of likely N-dealkylation sites (tertiary alicyclic amines) is 1. The van der Waals surface area contributed by atoms with Gasteiger partial charge in [0.15, 0.2) is 0 Å². The quantitative estimate of drug-likeness (QED) is 0.561. The molecule has 1 aliphatic rings. The highest BCUT2D eigenvalue weighted by Gasteiger charge is 2.31. The van der Waals surface area contributed by atoms with E-state index in [1.807, 2.05) is 42.5 Å². The van der Waals surface area contributed by atoms with Crippen molar-refractivity contribution in [1.82, 2.24) is 4.90 Å². The molecule has 1 N–H and O–H groups in total. The molecule has 1 aliphatic heterocycles. The summed E-state index contributed by atoms with van der Waals surface area (Å²) in [7, 11) is 0. The third-order valence-corrected chi connectivity index (χ3v) is 6.19. The Kier molecular flexibility index (Phi) is 5.42. The summed E-state index contributed by atoms with van der Waals surface area (Å²) < 4.78 is 0.127. The van der Waals surface area contributed by atoms with E-state index in [1.54, 1.807) is 0 Å². The zero-order chi connectivity index (χ0) is 17.0. The van der Waals surface area contributed by atoms with E-state index < -0.39 is 0 Å². The molecule has 3 rings (SSSR count). The van der Waals surface area contributed by atoms with E-state index in [0.717, 1.165) is 49.2 Å². The summed E-state index contributed by atoms with van der Waals surface area (Å²) >= 11 is 2.45. The average Bonchev–Trinajstić information content (AvgIpc) is 2.60. The third kappa shape index (κ3) is 4.08. The number of phenolic OH excluding ortho intramolecular Hbond substituents is 1. The Bertz CT molecular complexity index is 731. The van der Waals surface area contributed by atoms with Gasteiger partial charge in [0.1, 0.15) is 5.75 Å². The van der Waals surface area contributed by atoms with Gasteiger partial charge in [0, 0.05) is 22.0 Å². The van der Waals surface area contributed by atoms with Crippen molar-refractivity contribution in [3.8, 4) is 22.9 Å². The highest BCUT2D eigenvalue weighted by Crippen LogP contribution is 2.36. The second-order valence-electron chi connectivity index (χ2n) is 6.47. The van der Waals surface area contributed by atoms with Gasteiger partial charge in [0.2, 0.25) is 0 Å². The lowest BCUT2D eigenvalue weighted by atomic mass is 9.93. The van der Waals surface area contributed by atoms with E-state index in [0.29, 0.717) is 12.2 Å². The van der Waals surface area contributed by atoms with E-state index in [4.69, 9.17) is 5.26 Å². The summed E-state index contributed by atoms with van der Waals surface area (Å²) in [6.45, 7) is 2.72. The Labute approximate surface area is 157 Å². The molecule has 24 heavy (non-hydrogen) atoms. The fourth-order valence-electron chi connectivity index (χ4n) is 3.18. The van der Waals surface area contributed by atoms with Gasteiger partial charge in [-0.15, -0.1) is 0 Å². The summed E-state index contributed by atoms with van der Waals surface area (Å²) in [6.07, 6.45) is 2.69. The maximum Gasteiger partial charge on any atom is 0.120 e. The van der Waals surface area contributed by atoms with Crippen molar-refractivity contribution >= 4 is 22.6 Å². The second-order valence-corrected chi connectivity index (χ2v) is 8.76. The SMILES string of the molecule is N#CCC1(I)CCN(Cc2ccc(-c3ccccc3)cc2O)CC1. The van der Waals surface area contributed by atoms with Gasteiger partial charge in [0.05, 0.1) is 6.07 Å². The number of hydrogen-bond acceptors (Lipinski definition) is 3. The number of phenols is 1. The fourth-order valence-corrected chi connectivity index (χ4v) is 3.83. The van der Waals surface area contributed by atoms with E-state index in [1.165, 1.54) is 0 Å². The molecular formula is C20H21IN2O. The monoisotopic (exact) mass is 432 g/mol. The van der Waals surface area contributed by atoms with Crippen LogP contribution in [0, 0.1) is 11.3 Å². The molecule has 1 saturated heterocycles. The van der Waals surface area contributed by atoms with Crippen molar-refractivity contribution in [1.29, 1.82) is 5.26 Å². The Hall–Kier alpha value is -1.58. The molecule has 0 bridgehead atoms. The summed E-state index contributed by atoms with van der Waals surface area (Å²) in [6, 6.07) is 18.4. The van der Waals surface area contributed by atoms with Gasteiger partial charge in [-0.25, -0.2) is 0 Å². The number of benzene rings is 2. The first-order chi connectivity index (χ1) is 11.6. The van der Waals surface area contributed by atoms with Gasteiger partial charge in [-0.1, -0.05) is 65.1 Å². The number of halogens is 1. The van der Waals surface area contributed by atoms with Crippen LogP contribution < -0.4 is 0 Å². The fraction of sp³-hybridized carbons (Fsp3) is 0.350. The summed E-state index contributed by atoms with van der Waals surface area (Å²) in [5, 5.41) is 19.3. The number of alkyl halides is 1. The van der Waals surface area contributed by atoms with Crippen LogP contribution in [0.25, 0.3) is 11.1 Å². The van der Waals surface area contributed by atoms with Crippen molar-refractivity contribution in [2.45, 2.75) is 29.2 Å². The summed E-state index contributed by atoms with van der Waals surface area (Å²) in [5.41, 5.74) is 3.12. The molecular weight excluding hydrogens is 411 g/mol. The standard InChI is InChI=1S/C20H21IN2O/c21-20(8-11-22)9-12-23(13-10-20)15-18-7-6-17(14-19(18)24)16-4-2-1-3-5-16/h1-7,14,24H,8-10,12-13,15H2. The van der Waals surface area contributed by atoms with Crippen LogP contribution in [-0.4, -0.2) is 26.5 Å². The van der Waals surface area contributed by atoms with E-state index in [-0.39, 0.29) is 3.42 Å². The summed E-state index contributed by atoms with van der Waals surface area (Å²) in [5.74, 6) is 0.361. The highest BCUT2D eigenvalue weighted by atomic mass is 127. The summed E-state index contributed by atoms with van der Waals surface area (Å²) in [4.78, 5) is 2.37. The Morgan fingerprint density at radius 2 is 1.79 bits per heavy atom. The zero-order valence-electron chi connectivity index (χ0n) is 13.6. The van der Waals surface area contributed by atoms with Crippen LogP contribution in [0.15, 0.2) is 48.5 Å². The smallest absolute Gasteiger partial charge is 0.120 e. The minimum Gasteiger partial charge on any atom is -0.508 e. The van der Waals surface area contributed by atoms with Crippen molar-refractivity contribution in [3.63, 3.8) is 0 Å². The molecule has 0 spiro atoms. The van der Waals surface area contributed by atoms with Crippen molar-refractivity contribution < 1.29 is 5.11 Å². The van der Waals surface area contributed by atoms with Gasteiger partial charge in [-0.2, -0.15) is 5.26 Å². The van der Waals surface area contributed by atoms with Crippen LogP contribution in [0.5, 0.6) is 5.75 Å². The van der Waals surface area contributed by atoms with Gasteiger partial charge in [0.25, 0.3) is 0 Å².